The summed E-state index contributed by atoms with van der Waals surface area (Å²) in [5.41, 5.74) is 0.993. The SMILES string of the molecule is Cc1[c-]c(C)c(C(=O)Nc2nnc(C)o2)c(F)c1.[Y]. The van der Waals surface area contributed by atoms with Crippen LogP contribution in [0.25, 0.3) is 0 Å². The second-order valence-electron chi connectivity index (χ2n) is 3.88. The zero-order valence-corrected chi connectivity index (χ0v) is 13.6. The summed E-state index contributed by atoms with van der Waals surface area (Å²) in [6.45, 7) is 4.91. The predicted octanol–water partition coefficient (Wildman–Crippen LogP) is 2.18. The first-order chi connectivity index (χ1) is 8.47. The molecule has 0 aliphatic carbocycles. The van der Waals surface area contributed by atoms with Gasteiger partial charge in [-0.05, 0) is 5.56 Å². The molecule has 0 aliphatic heterocycles. The summed E-state index contributed by atoms with van der Waals surface area (Å²) in [5, 5.41) is 9.51. The Morgan fingerprint density at radius 3 is 2.58 bits per heavy atom. The van der Waals surface area contributed by atoms with Gasteiger partial charge in [-0.1, -0.05) is 18.9 Å². The fourth-order valence-corrected chi connectivity index (χ4v) is 1.62. The minimum absolute atomic E-state index is 0. The number of carbonyl (C=O) groups is 1. The Labute approximate surface area is 134 Å². The van der Waals surface area contributed by atoms with Gasteiger partial charge in [0.15, 0.2) is 0 Å². The maximum absolute atomic E-state index is 13.7. The number of hydrogen-bond acceptors (Lipinski definition) is 4. The molecule has 0 fully saturated rings. The number of anilines is 1. The van der Waals surface area contributed by atoms with Crippen LogP contribution in [0.2, 0.25) is 0 Å². The first kappa shape index (κ1) is 15.9. The van der Waals surface area contributed by atoms with Crippen molar-refractivity contribution in [2.75, 3.05) is 5.32 Å². The molecule has 0 unspecified atom stereocenters. The van der Waals surface area contributed by atoms with Crippen LogP contribution in [-0.2, 0) is 32.7 Å². The second kappa shape index (κ2) is 6.34. The summed E-state index contributed by atoms with van der Waals surface area (Å²) in [6, 6.07) is 4.08. The van der Waals surface area contributed by atoms with Gasteiger partial charge in [-0.2, -0.15) is 11.6 Å². The van der Waals surface area contributed by atoms with Crippen LogP contribution in [-0.4, -0.2) is 16.1 Å². The molecule has 2 rings (SSSR count). The fraction of sp³-hybridized carbons (Fsp3) is 0.250. The number of halogens is 1. The van der Waals surface area contributed by atoms with Gasteiger partial charge in [-0.25, -0.2) is 4.39 Å². The van der Waals surface area contributed by atoms with Crippen molar-refractivity contribution in [3.63, 3.8) is 0 Å². The van der Waals surface area contributed by atoms with E-state index in [1.165, 1.54) is 6.07 Å². The topological polar surface area (TPSA) is 68.0 Å². The number of hydrogen-bond donors (Lipinski definition) is 1. The Balaban J connectivity index is 0.00000180. The molecule has 19 heavy (non-hydrogen) atoms. The van der Waals surface area contributed by atoms with Gasteiger partial charge in [0.25, 0.3) is 0 Å². The summed E-state index contributed by atoms with van der Waals surface area (Å²) in [5.74, 6) is -0.916. The molecule has 0 atom stereocenters. The number of benzene rings is 1. The van der Waals surface area contributed by atoms with E-state index < -0.39 is 11.7 Å². The number of carbonyl (C=O) groups excluding carboxylic acids is 1. The minimum Gasteiger partial charge on any atom is -0.408 e. The van der Waals surface area contributed by atoms with E-state index in [1.54, 1.807) is 20.8 Å². The van der Waals surface area contributed by atoms with Crippen LogP contribution >= 0.6 is 0 Å². The van der Waals surface area contributed by atoms with Crippen LogP contribution in [0.1, 0.15) is 27.4 Å². The normalized spacial score (nSPS) is 9.89. The summed E-state index contributed by atoms with van der Waals surface area (Å²) < 4.78 is 18.7. The Kier molecular flexibility index (Phi) is 5.32. The molecule has 0 bridgehead atoms. The van der Waals surface area contributed by atoms with Crippen molar-refractivity contribution in [2.24, 2.45) is 0 Å². The van der Waals surface area contributed by atoms with Crippen LogP contribution in [0, 0.1) is 32.7 Å². The van der Waals surface area contributed by atoms with Crippen molar-refractivity contribution in [3.8, 4) is 0 Å². The average Bonchev–Trinajstić information content (AvgIpc) is 2.62. The van der Waals surface area contributed by atoms with E-state index in [1.807, 2.05) is 0 Å². The molecule has 0 saturated carbocycles. The number of nitrogens with zero attached hydrogens (tertiary/aromatic N) is 2. The quantitative estimate of drug-likeness (QED) is 0.853. The van der Waals surface area contributed by atoms with Gasteiger partial charge in [-0.3, -0.25) is 10.1 Å². The zero-order valence-electron chi connectivity index (χ0n) is 10.7. The first-order valence-electron chi connectivity index (χ1n) is 5.28. The van der Waals surface area contributed by atoms with Gasteiger partial charge in [0, 0.05) is 45.5 Å². The van der Waals surface area contributed by atoms with Crippen molar-refractivity contribution < 1.29 is 46.3 Å². The van der Waals surface area contributed by atoms with Crippen molar-refractivity contribution in [2.45, 2.75) is 20.8 Å². The molecule has 97 valence electrons. The Morgan fingerprint density at radius 2 is 2.05 bits per heavy atom. The standard InChI is InChI=1S/C12H11FN3O2.Y/c1-6-4-7(2)10(9(13)5-6)11(17)14-12-16-15-8(3)18-12;/h5H,1-3H3,(H,14,16,17);/q-1;. The van der Waals surface area contributed by atoms with Crippen molar-refractivity contribution in [3.05, 3.63) is 40.5 Å². The largest absolute Gasteiger partial charge is 0.408 e. The number of rotatable bonds is 2. The summed E-state index contributed by atoms with van der Waals surface area (Å²) in [6.07, 6.45) is 0. The Morgan fingerprint density at radius 1 is 1.37 bits per heavy atom. The van der Waals surface area contributed by atoms with Crippen molar-refractivity contribution in [1.82, 2.24) is 10.2 Å². The third-order valence-corrected chi connectivity index (χ3v) is 2.32. The maximum Gasteiger partial charge on any atom is 0.321 e. The third-order valence-electron chi connectivity index (χ3n) is 2.32. The fourth-order valence-electron chi connectivity index (χ4n) is 1.62. The molecule has 5 nitrogen and oxygen atoms in total. The molecule has 2 aromatic rings. The Bertz CT molecular complexity index is 590. The van der Waals surface area contributed by atoms with Gasteiger partial charge in [0.05, 0.1) is 0 Å². The summed E-state index contributed by atoms with van der Waals surface area (Å²) in [7, 11) is 0. The van der Waals surface area contributed by atoms with E-state index >= 15 is 0 Å². The van der Waals surface area contributed by atoms with E-state index in [9.17, 15) is 9.18 Å². The number of aryl methyl sites for hydroxylation is 3. The van der Waals surface area contributed by atoms with Crippen LogP contribution < -0.4 is 5.32 Å². The number of aromatic nitrogens is 2. The molecule has 1 heterocycles. The molecule has 7 heteroatoms. The molecule has 1 N–H and O–H groups in total. The molecule has 0 spiro atoms. The molecule has 0 aliphatic rings. The van der Waals surface area contributed by atoms with Gasteiger partial charge in [-0.15, -0.1) is 16.7 Å². The summed E-state index contributed by atoms with van der Waals surface area (Å²) in [4.78, 5) is 11.9. The number of nitrogens with one attached hydrogen (secondary N) is 1. The average molecular weight is 337 g/mol. The first-order valence-corrected chi connectivity index (χ1v) is 5.28. The van der Waals surface area contributed by atoms with Crippen LogP contribution in [0.15, 0.2) is 10.5 Å². The van der Waals surface area contributed by atoms with Crippen molar-refractivity contribution >= 4 is 11.9 Å². The molecule has 0 saturated heterocycles. The molecular formula is C12H11FN3O2Y-. The number of amides is 1. The van der Waals surface area contributed by atoms with Crippen LogP contribution in [0.3, 0.4) is 0 Å². The van der Waals surface area contributed by atoms with Crippen LogP contribution in [0.5, 0.6) is 0 Å². The van der Waals surface area contributed by atoms with Gasteiger partial charge in [0.2, 0.25) is 11.8 Å². The molecule has 1 amide bonds. The molecule has 1 aromatic heterocycles. The molecule has 1 aromatic carbocycles. The molecule has 1 radical (unpaired) electrons. The van der Waals surface area contributed by atoms with E-state index in [2.05, 4.69) is 21.6 Å². The second-order valence-corrected chi connectivity index (χ2v) is 3.88. The Hall–Kier alpha value is -1.14. The van der Waals surface area contributed by atoms with E-state index in [0.29, 0.717) is 17.0 Å². The van der Waals surface area contributed by atoms with Gasteiger partial charge >= 0.3 is 6.01 Å². The van der Waals surface area contributed by atoms with E-state index in [4.69, 9.17) is 4.42 Å². The van der Waals surface area contributed by atoms with E-state index in [-0.39, 0.29) is 44.3 Å². The van der Waals surface area contributed by atoms with Crippen LogP contribution in [0.4, 0.5) is 10.4 Å². The zero-order chi connectivity index (χ0) is 13.3. The monoisotopic (exact) mass is 337 g/mol. The minimum atomic E-state index is -0.634. The van der Waals surface area contributed by atoms with Gasteiger partial charge in [0.1, 0.15) is 0 Å². The predicted molar refractivity (Wildman–Crippen MR) is 61.7 cm³/mol. The third kappa shape index (κ3) is 3.67. The van der Waals surface area contributed by atoms with Gasteiger partial charge < -0.3 is 4.42 Å². The summed E-state index contributed by atoms with van der Waals surface area (Å²) >= 11 is 0. The smallest absolute Gasteiger partial charge is 0.321 e. The molecular weight excluding hydrogens is 326 g/mol. The van der Waals surface area contributed by atoms with E-state index in [0.717, 1.165) is 0 Å². The van der Waals surface area contributed by atoms with Crippen molar-refractivity contribution in [1.29, 1.82) is 0 Å². The maximum atomic E-state index is 13.7.